The lowest BCUT2D eigenvalue weighted by Gasteiger charge is -2.24. The molecule has 4 aromatic carbocycles. The van der Waals surface area contributed by atoms with Gasteiger partial charge in [0.2, 0.25) is 0 Å². The zero-order valence-corrected chi connectivity index (χ0v) is 20.3. The summed E-state index contributed by atoms with van der Waals surface area (Å²) in [6, 6.07) is 30.4. The monoisotopic (exact) mass is 464 g/mol. The molecule has 0 aromatic heterocycles. The second kappa shape index (κ2) is 9.49. The summed E-state index contributed by atoms with van der Waals surface area (Å²) in [5.41, 5.74) is 9.74. The highest BCUT2D eigenvalue weighted by atomic mass is 16.1. The van der Waals surface area contributed by atoms with Crippen LogP contribution in [-0.4, -0.2) is 5.78 Å². The molecule has 0 radical (unpaired) electrons. The summed E-state index contributed by atoms with van der Waals surface area (Å²) in [6.07, 6.45) is 1.81. The normalized spacial score (nSPS) is 13.3. The molecular formula is C33H24N2O. The molecule has 0 heterocycles. The Morgan fingerprint density at radius 2 is 1.22 bits per heavy atom. The van der Waals surface area contributed by atoms with E-state index in [-0.39, 0.29) is 17.1 Å². The number of nitriles is 1. The Hall–Kier alpha value is -4.73. The van der Waals surface area contributed by atoms with E-state index in [1.807, 2.05) is 54.6 Å². The minimum absolute atomic E-state index is 0.172. The van der Waals surface area contributed by atoms with Gasteiger partial charge >= 0.3 is 0 Å². The third kappa shape index (κ3) is 3.72. The maximum Gasteiger partial charge on any atom is 0.273 e. The Kier molecular flexibility index (Phi) is 6.07. The second-order valence-corrected chi connectivity index (χ2v) is 8.82. The van der Waals surface area contributed by atoms with Crippen molar-refractivity contribution in [3.05, 3.63) is 124 Å². The van der Waals surface area contributed by atoms with Crippen LogP contribution in [0.1, 0.15) is 40.9 Å². The lowest BCUT2D eigenvalue weighted by molar-refractivity contribution is 0.105. The summed E-state index contributed by atoms with van der Waals surface area (Å²) in [5, 5.41) is 9.65. The van der Waals surface area contributed by atoms with Gasteiger partial charge < -0.3 is 0 Å². The van der Waals surface area contributed by atoms with Crippen LogP contribution in [0.3, 0.4) is 0 Å². The lowest BCUT2D eigenvalue weighted by atomic mass is 9.78. The topological polar surface area (TPSA) is 45.2 Å². The smallest absolute Gasteiger partial charge is 0.273 e. The molecule has 0 amide bonds. The van der Waals surface area contributed by atoms with E-state index in [0.29, 0.717) is 11.1 Å². The summed E-state index contributed by atoms with van der Waals surface area (Å²) in [7, 11) is 0. The lowest BCUT2D eigenvalue weighted by Crippen LogP contribution is -2.13. The highest BCUT2D eigenvalue weighted by Gasteiger charge is 2.30. The third-order valence-electron chi connectivity index (χ3n) is 6.94. The Morgan fingerprint density at radius 1 is 0.722 bits per heavy atom. The molecule has 0 saturated heterocycles. The van der Waals surface area contributed by atoms with Crippen LogP contribution in [0.5, 0.6) is 0 Å². The van der Waals surface area contributed by atoms with Crippen molar-refractivity contribution in [3.8, 4) is 39.4 Å². The largest absolute Gasteiger partial charge is 0.290 e. The number of rotatable bonds is 4. The summed E-state index contributed by atoms with van der Waals surface area (Å²) in [5.74, 6) is -0.276. The van der Waals surface area contributed by atoms with E-state index in [0.717, 1.165) is 46.2 Å². The van der Waals surface area contributed by atoms with E-state index in [2.05, 4.69) is 55.1 Å². The zero-order chi connectivity index (χ0) is 25.2. The van der Waals surface area contributed by atoms with Crippen molar-refractivity contribution >= 4 is 11.4 Å². The fourth-order valence-corrected chi connectivity index (χ4v) is 5.13. The molecule has 1 aliphatic carbocycles. The first kappa shape index (κ1) is 23.0. The van der Waals surface area contributed by atoms with Crippen LogP contribution >= 0.6 is 0 Å². The molecule has 0 bridgehead atoms. The molecule has 0 saturated carbocycles. The van der Waals surface area contributed by atoms with Gasteiger partial charge in [-0.25, -0.2) is 10.1 Å². The average molecular weight is 465 g/mol. The van der Waals surface area contributed by atoms with Crippen molar-refractivity contribution in [2.24, 2.45) is 0 Å². The number of aryl methyl sites for hydroxylation is 2. The van der Waals surface area contributed by atoms with Gasteiger partial charge in [0.1, 0.15) is 0 Å². The molecule has 0 aliphatic heterocycles. The first-order chi connectivity index (χ1) is 17.6. The van der Waals surface area contributed by atoms with Gasteiger partial charge in [-0.15, -0.1) is 0 Å². The van der Waals surface area contributed by atoms with E-state index >= 15 is 0 Å². The molecule has 172 valence electrons. The predicted octanol–water partition coefficient (Wildman–Crippen LogP) is 8.16. The van der Waals surface area contributed by atoms with E-state index in [4.69, 9.17) is 6.57 Å². The molecule has 4 aromatic rings. The number of fused-ring (bicyclic) bond motifs is 3. The number of carbonyl (C=O) groups excluding carboxylic acids is 1. The Bertz CT molecular complexity index is 1630. The maximum atomic E-state index is 13.6. The third-order valence-corrected chi connectivity index (χ3v) is 6.94. The Balaban J connectivity index is 1.81. The minimum Gasteiger partial charge on any atom is -0.290 e. The molecule has 0 unspecified atom stereocenters. The van der Waals surface area contributed by atoms with Gasteiger partial charge in [-0.05, 0) is 81.1 Å². The fourth-order valence-electron chi connectivity index (χ4n) is 5.13. The highest BCUT2D eigenvalue weighted by molar-refractivity contribution is 6.35. The van der Waals surface area contributed by atoms with Crippen LogP contribution < -0.4 is 0 Å². The van der Waals surface area contributed by atoms with E-state index in [1.54, 1.807) is 0 Å². The Morgan fingerprint density at radius 3 is 1.72 bits per heavy atom. The molecule has 36 heavy (non-hydrogen) atoms. The number of hydrogen-bond donors (Lipinski definition) is 0. The summed E-state index contributed by atoms with van der Waals surface area (Å²) in [4.78, 5) is 17.0. The van der Waals surface area contributed by atoms with Crippen LogP contribution in [0.15, 0.2) is 90.6 Å². The van der Waals surface area contributed by atoms with E-state index in [1.165, 1.54) is 11.1 Å². The van der Waals surface area contributed by atoms with E-state index < -0.39 is 0 Å². The van der Waals surface area contributed by atoms with Crippen molar-refractivity contribution in [2.75, 3.05) is 0 Å². The molecule has 3 nitrogen and oxygen atoms in total. The van der Waals surface area contributed by atoms with Crippen molar-refractivity contribution in [3.63, 3.8) is 0 Å². The van der Waals surface area contributed by atoms with Gasteiger partial charge in [-0.1, -0.05) is 80.6 Å². The molecule has 0 spiro atoms. The summed E-state index contributed by atoms with van der Waals surface area (Å²) < 4.78 is 0. The van der Waals surface area contributed by atoms with Crippen LogP contribution in [0.4, 0.5) is 0 Å². The average Bonchev–Trinajstić information content (AvgIpc) is 2.94. The minimum atomic E-state index is -0.276. The molecular weight excluding hydrogens is 440 g/mol. The first-order valence-electron chi connectivity index (χ1n) is 12.1. The van der Waals surface area contributed by atoms with E-state index in [9.17, 15) is 10.1 Å². The molecule has 5 rings (SSSR count). The fraction of sp³-hybridized carbons (Fsp3) is 0.121. The second-order valence-electron chi connectivity index (χ2n) is 8.82. The van der Waals surface area contributed by atoms with Crippen molar-refractivity contribution in [1.82, 2.24) is 0 Å². The van der Waals surface area contributed by atoms with Gasteiger partial charge in [0.15, 0.2) is 5.78 Å². The number of hydrogen-bond acceptors (Lipinski definition) is 2. The number of benzene rings is 4. The van der Waals surface area contributed by atoms with Gasteiger partial charge in [0, 0.05) is 11.1 Å². The number of nitrogens with zero attached hydrogens (tertiary/aromatic N) is 2. The van der Waals surface area contributed by atoms with Crippen LogP contribution in [0, 0.1) is 17.9 Å². The van der Waals surface area contributed by atoms with Crippen molar-refractivity contribution < 1.29 is 4.79 Å². The number of ketones is 1. The maximum absolute atomic E-state index is 13.6. The quantitative estimate of drug-likeness (QED) is 0.174. The van der Waals surface area contributed by atoms with Crippen LogP contribution in [-0.2, 0) is 12.8 Å². The highest BCUT2D eigenvalue weighted by Crippen LogP contribution is 2.44. The number of allylic oxidation sites excluding steroid dienone is 2. The van der Waals surface area contributed by atoms with Crippen LogP contribution in [0.2, 0.25) is 0 Å². The van der Waals surface area contributed by atoms with Crippen molar-refractivity contribution in [2.45, 2.75) is 26.7 Å². The number of Topliss-reactive ketones (excluding diaryl/α,β-unsaturated/α-hetero) is 1. The Labute approximate surface area is 211 Å². The first-order valence-corrected chi connectivity index (χ1v) is 12.1. The molecule has 1 aliphatic rings. The predicted molar refractivity (Wildman–Crippen MR) is 145 cm³/mol. The molecule has 0 fully saturated rings. The SMILES string of the molecule is [C-]#[N+]C(C#N)=C1C(=O)c2ccc(-c3ccccc3CC)cc2-c2cc(-c3ccccc3CC)ccc21. The molecule has 3 heteroatoms. The zero-order valence-electron chi connectivity index (χ0n) is 20.3. The van der Waals surface area contributed by atoms with Gasteiger partial charge in [0.25, 0.3) is 5.70 Å². The molecule has 0 atom stereocenters. The summed E-state index contributed by atoms with van der Waals surface area (Å²) >= 11 is 0. The van der Waals surface area contributed by atoms with Crippen molar-refractivity contribution in [1.29, 1.82) is 5.26 Å². The summed E-state index contributed by atoms with van der Waals surface area (Å²) in [6.45, 7) is 11.8. The van der Waals surface area contributed by atoms with Gasteiger partial charge in [-0.3, -0.25) is 4.79 Å². The number of carbonyl (C=O) groups is 1. The van der Waals surface area contributed by atoms with Gasteiger partial charge in [0.05, 0.1) is 12.6 Å². The molecule has 0 N–H and O–H groups in total. The van der Waals surface area contributed by atoms with Gasteiger partial charge in [-0.2, -0.15) is 0 Å². The van der Waals surface area contributed by atoms with Crippen LogP contribution in [0.25, 0.3) is 43.8 Å². The standard InChI is InChI=1S/C33H24N2O/c1-4-21-10-6-8-12-25(21)23-14-16-27-29(18-23)30-19-24(26-13-9-7-11-22(26)5-2)15-17-28(30)33(36)32(27)31(20-34)35-3/h6-19H,4-5H2,1-2H3.